The summed E-state index contributed by atoms with van der Waals surface area (Å²) in [6, 6.07) is 8.53. The Morgan fingerprint density at radius 3 is 2.52 bits per heavy atom. The Morgan fingerprint density at radius 2 is 1.91 bits per heavy atom. The predicted molar refractivity (Wildman–Crippen MR) is 86.9 cm³/mol. The maximum Gasteiger partial charge on any atom is 0.337 e. The number of nitro benzene ring substituents is 1. The van der Waals surface area contributed by atoms with Crippen LogP contribution in [0.15, 0.2) is 40.9 Å². The highest BCUT2D eigenvalue weighted by Gasteiger charge is 2.19. The molecule has 2 rings (SSSR count). The van der Waals surface area contributed by atoms with Crippen LogP contribution >= 0.6 is 15.9 Å². The van der Waals surface area contributed by atoms with Crippen molar-refractivity contribution in [3.8, 4) is 0 Å². The molecule has 0 aromatic heterocycles. The number of halogens is 1. The molecule has 0 aliphatic heterocycles. The first-order chi connectivity index (χ1) is 10.8. The van der Waals surface area contributed by atoms with Crippen molar-refractivity contribution in [1.82, 2.24) is 0 Å². The molecule has 0 fully saturated rings. The van der Waals surface area contributed by atoms with Crippen LogP contribution in [0, 0.1) is 17.0 Å². The van der Waals surface area contributed by atoms with Crippen LogP contribution in [-0.4, -0.2) is 21.9 Å². The summed E-state index contributed by atoms with van der Waals surface area (Å²) in [6.07, 6.45) is 0. The van der Waals surface area contributed by atoms with Gasteiger partial charge in [0.15, 0.2) is 0 Å². The van der Waals surface area contributed by atoms with E-state index in [-0.39, 0.29) is 28.1 Å². The fourth-order valence-electron chi connectivity index (χ4n) is 2.06. The summed E-state index contributed by atoms with van der Waals surface area (Å²) >= 11 is 3.16. The zero-order valence-corrected chi connectivity index (χ0v) is 13.5. The maximum atomic E-state index is 12.3. The molecular formula is C15H11BrN2O5. The Kier molecular flexibility index (Phi) is 4.75. The molecule has 2 N–H and O–H groups in total. The van der Waals surface area contributed by atoms with Crippen molar-refractivity contribution < 1.29 is 19.6 Å². The zero-order chi connectivity index (χ0) is 17.1. The number of anilines is 1. The largest absolute Gasteiger partial charge is 0.478 e. The molecule has 0 bridgehead atoms. The van der Waals surface area contributed by atoms with Gasteiger partial charge in [-0.3, -0.25) is 14.9 Å². The lowest BCUT2D eigenvalue weighted by Crippen LogP contribution is -2.16. The standard InChI is InChI=1S/C15H11BrN2O5/c1-8-10(3-2-4-13(8)18(22)23)14(19)17-12-6-5-9(16)7-11(12)15(20)21/h2-7H,1H3,(H,17,19)(H,20,21). The van der Waals surface area contributed by atoms with Crippen LogP contribution in [0.4, 0.5) is 11.4 Å². The summed E-state index contributed by atoms with van der Waals surface area (Å²) in [5.74, 6) is -1.81. The van der Waals surface area contributed by atoms with Crippen LogP contribution in [0.2, 0.25) is 0 Å². The molecule has 1 amide bonds. The molecule has 0 unspecified atom stereocenters. The summed E-state index contributed by atoms with van der Waals surface area (Å²) in [4.78, 5) is 33.9. The van der Waals surface area contributed by atoms with Crippen LogP contribution in [0.3, 0.4) is 0 Å². The van der Waals surface area contributed by atoms with Gasteiger partial charge in [0, 0.05) is 21.7 Å². The Balaban J connectivity index is 2.39. The van der Waals surface area contributed by atoms with Gasteiger partial charge in [-0.1, -0.05) is 22.0 Å². The summed E-state index contributed by atoms with van der Waals surface area (Å²) in [6.45, 7) is 1.47. The van der Waals surface area contributed by atoms with Crippen molar-refractivity contribution >= 4 is 39.2 Å². The highest BCUT2D eigenvalue weighted by Crippen LogP contribution is 2.24. The Morgan fingerprint density at radius 1 is 1.22 bits per heavy atom. The van der Waals surface area contributed by atoms with Crippen LogP contribution in [-0.2, 0) is 0 Å². The van der Waals surface area contributed by atoms with Crippen molar-refractivity contribution in [3.63, 3.8) is 0 Å². The number of aromatic carboxylic acids is 1. The topological polar surface area (TPSA) is 110 Å². The molecule has 8 heteroatoms. The number of hydrogen-bond acceptors (Lipinski definition) is 4. The van der Waals surface area contributed by atoms with Crippen LogP contribution in [0.5, 0.6) is 0 Å². The van der Waals surface area contributed by atoms with Gasteiger partial charge < -0.3 is 10.4 Å². The lowest BCUT2D eigenvalue weighted by Gasteiger charge is -2.10. The van der Waals surface area contributed by atoms with E-state index in [4.69, 9.17) is 0 Å². The lowest BCUT2D eigenvalue weighted by molar-refractivity contribution is -0.385. The zero-order valence-electron chi connectivity index (χ0n) is 11.9. The molecule has 0 saturated carbocycles. The molecule has 23 heavy (non-hydrogen) atoms. The number of amides is 1. The van der Waals surface area contributed by atoms with Gasteiger partial charge in [0.2, 0.25) is 0 Å². The van der Waals surface area contributed by atoms with E-state index in [1.54, 1.807) is 6.07 Å². The van der Waals surface area contributed by atoms with Gasteiger partial charge in [-0.05, 0) is 31.2 Å². The van der Waals surface area contributed by atoms with E-state index in [0.29, 0.717) is 4.47 Å². The Labute approximate surface area is 139 Å². The number of carbonyl (C=O) groups excluding carboxylic acids is 1. The predicted octanol–water partition coefficient (Wildman–Crippen LogP) is 3.62. The van der Waals surface area contributed by atoms with Crippen molar-refractivity contribution in [2.45, 2.75) is 6.92 Å². The van der Waals surface area contributed by atoms with Gasteiger partial charge >= 0.3 is 5.97 Å². The van der Waals surface area contributed by atoms with E-state index in [1.165, 1.54) is 37.3 Å². The molecule has 7 nitrogen and oxygen atoms in total. The highest BCUT2D eigenvalue weighted by atomic mass is 79.9. The summed E-state index contributed by atoms with van der Waals surface area (Å²) in [5, 5.41) is 22.6. The molecule has 0 atom stereocenters. The highest BCUT2D eigenvalue weighted by molar-refractivity contribution is 9.10. The van der Waals surface area contributed by atoms with Gasteiger partial charge in [0.25, 0.3) is 11.6 Å². The molecule has 0 saturated heterocycles. The van der Waals surface area contributed by atoms with E-state index >= 15 is 0 Å². The number of carboxylic acids is 1. The van der Waals surface area contributed by atoms with E-state index in [9.17, 15) is 24.8 Å². The molecule has 0 spiro atoms. The number of carboxylic acid groups (broad SMARTS) is 1. The molecule has 2 aromatic carbocycles. The third-order valence-electron chi connectivity index (χ3n) is 3.21. The molecule has 0 heterocycles. The number of nitrogens with one attached hydrogen (secondary N) is 1. The molecule has 118 valence electrons. The van der Waals surface area contributed by atoms with E-state index in [2.05, 4.69) is 21.2 Å². The second-order valence-corrected chi connectivity index (χ2v) is 5.57. The Hall–Kier alpha value is -2.74. The average molecular weight is 379 g/mol. The summed E-state index contributed by atoms with van der Waals surface area (Å²) < 4.78 is 0.555. The number of benzene rings is 2. The summed E-state index contributed by atoms with van der Waals surface area (Å²) in [5.41, 5.74) is 0.168. The minimum absolute atomic E-state index is 0.0872. The lowest BCUT2D eigenvalue weighted by atomic mass is 10.1. The molecule has 0 aliphatic rings. The third-order valence-corrected chi connectivity index (χ3v) is 3.70. The van der Waals surface area contributed by atoms with Gasteiger partial charge in [-0.2, -0.15) is 0 Å². The van der Waals surface area contributed by atoms with E-state index in [0.717, 1.165) is 0 Å². The van der Waals surface area contributed by atoms with Gasteiger partial charge in [0.1, 0.15) is 0 Å². The smallest absolute Gasteiger partial charge is 0.337 e. The average Bonchev–Trinajstić information content (AvgIpc) is 2.48. The maximum absolute atomic E-state index is 12.3. The number of nitro groups is 1. The number of carbonyl (C=O) groups is 2. The first-order valence-electron chi connectivity index (χ1n) is 6.39. The van der Waals surface area contributed by atoms with Gasteiger partial charge in [0.05, 0.1) is 16.2 Å². The van der Waals surface area contributed by atoms with Crippen molar-refractivity contribution in [2.24, 2.45) is 0 Å². The van der Waals surface area contributed by atoms with E-state index < -0.39 is 16.8 Å². The SMILES string of the molecule is Cc1c(C(=O)Nc2ccc(Br)cc2C(=O)O)cccc1[N+](=O)[O-]. The van der Waals surface area contributed by atoms with Crippen molar-refractivity contribution in [2.75, 3.05) is 5.32 Å². The normalized spacial score (nSPS) is 10.2. The van der Waals surface area contributed by atoms with Crippen LogP contribution in [0.1, 0.15) is 26.3 Å². The molecular weight excluding hydrogens is 368 g/mol. The second-order valence-electron chi connectivity index (χ2n) is 4.66. The number of hydrogen-bond donors (Lipinski definition) is 2. The first-order valence-corrected chi connectivity index (χ1v) is 7.18. The fraction of sp³-hybridized carbons (Fsp3) is 0.0667. The third kappa shape index (κ3) is 3.54. The fourth-order valence-corrected chi connectivity index (χ4v) is 2.42. The first kappa shape index (κ1) is 16.6. The monoisotopic (exact) mass is 378 g/mol. The van der Waals surface area contributed by atoms with Gasteiger partial charge in [-0.25, -0.2) is 4.79 Å². The Bertz CT molecular complexity index is 820. The quantitative estimate of drug-likeness (QED) is 0.623. The molecule has 0 radical (unpaired) electrons. The number of nitrogens with zero attached hydrogens (tertiary/aromatic N) is 1. The second kappa shape index (κ2) is 6.57. The van der Waals surface area contributed by atoms with E-state index in [1.807, 2.05) is 0 Å². The van der Waals surface area contributed by atoms with Gasteiger partial charge in [-0.15, -0.1) is 0 Å². The minimum Gasteiger partial charge on any atom is -0.478 e. The molecule has 2 aromatic rings. The number of rotatable bonds is 4. The van der Waals surface area contributed by atoms with Crippen LogP contribution in [0.25, 0.3) is 0 Å². The van der Waals surface area contributed by atoms with Crippen molar-refractivity contribution in [3.05, 3.63) is 67.7 Å². The summed E-state index contributed by atoms with van der Waals surface area (Å²) in [7, 11) is 0. The molecule has 0 aliphatic carbocycles. The van der Waals surface area contributed by atoms with Crippen LogP contribution < -0.4 is 5.32 Å². The minimum atomic E-state index is -1.20. The van der Waals surface area contributed by atoms with Crippen molar-refractivity contribution in [1.29, 1.82) is 0 Å².